The summed E-state index contributed by atoms with van der Waals surface area (Å²) in [6.45, 7) is 2.33. The average Bonchev–Trinajstić information content (AvgIpc) is 3.31. The summed E-state index contributed by atoms with van der Waals surface area (Å²) < 4.78 is 27.2. The predicted octanol–water partition coefficient (Wildman–Crippen LogP) is 4.41. The first-order valence-corrected chi connectivity index (χ1v) is 8.54. The summed E-state index contributed by atoms with van der Waals surface area (Å²) in [5, 5.41) is 0.866. The Morgan fingerprint density at radius 2 is 2.00 bits per heavy atom. The van der Waals surface area contributed by atoms with E-state index in [0.717, 1.165) is 22.3 Å². The van der Waals surface area contributed by atoms with Crippen LogP contribution in [0.25, 0.3) is 28.4 Å². The van der Waals surface area contributed by atoms with Gasteiger partial charge in [-0.1, -0.05) is 0 Å². The Labute approximate surface area is 155 Å². The maximum Gasteiger partial charge on any atom is 0.330 e. The molecule has 4 rings (SSSR count). The third-order valence-corrected chi connectivity index (χ3v) is 4.18. The van der Waals surface area contributed by atoms with Crippen molar-refractivity contribution in [2.75, 3.05) is 20.5 Å². The molecule has 0 radical (unpaired) electrons. The van der Waals surface area contributed by atoms with E-state index in [1.807, 2.05) is 36.4 Å². The van der Waals surface area contributed by atoms with E-state index in [1.165, 1.54) is 6.08 Å². The van der Waals surface area contributed by atoms with Crippen LogP contribution in [0.4, 0.5) is 0 Å². The zero-order chi connectivity index (χ0) is 18.8. The Balaban J connectivity index is 1.72. The van der Waals surface area contributed by atoms with Crippen molar-refractivity contribution in [1.82, 2.24) is 0 Å². The zero-order valence-electron chi connectivity index (χ0n) is 15.0. The van der Waals surface area contributed by atoms with Gasteiger partial charge in [-0.3, -0.25) is 0 Å². The highest BCUT2D eigenvalue weighted by atomic mass is 16.7. The molecule has 0 fully saturated rings. The molecule has 0 N–H and O–H groups in total. The summed E-state index contributed by atoms with van der Waals surface area (Å²) in [6, 6.07) is 11.3. The molecule has 6 heteroatoms. The highest BCUT2D eigenvalue weighted by Gasteiger charge is 2.17. The number of hydrogen-bond donors (Lipinski definition) is 0. The van der Waals surface area contributed by atoms with Gasteiger partial charge in [-0.25, -0.2) is 4.79 Å². The highest BCUT2D eigenvalue weighted by molar-refractivity contribution is 5.92. The van der Waals surface area contributed by atoms with Crippen LogP contribution >= 0.6 is 0 Å². The van der Waals surface area contributed by atoms with Gasteiger partial charge >= 0.3 is 5.97 Å². The van der Waals surface area contributed by atoms with E-state index in [9.17, 15) is 4.79 Å². The highest BCUT2D eigenvalue weighted by Crippen LogP contribution is 2.39. The van der Waals surface area contributed by atoms with Crippen LogP contribution in [0.5, 0.6) is 17.2 Å². The van der Waals surface area contributed by atoms with Crippen LogP contribution in [-0.4, -0.2) is 26.5 Å². The topological polar surface area (TPSA) is 67.1 Å². The summed E-state index contributed by atoms with van der Waals surface area (Å²) in [4.78, 5) is 11.5. The number of methoxy groups -OCH3 is 1. The third-order valence-electron chi connectivity index (χ3n) is 4.18. The van der Waals surface area contributed by atoms with Crippen molar-refractivity contribution in [2.45, 2.75) is 6.92 Å². The second kappa shape index (κ2) is 7.07. The summed E-state index contributed by atoms with van der Waals surface area (Å²) in [5.41, 5.74) is 2.32. The first kappa shape index (κ1) is 17.0. The van der Waals surface area contributed by atoms with Crippen molar-refractivity contribution in [2.24, 2.45) is 0 Å². The predicted molar refractivity (Wildman–Crippen MR) is 100.0 cm³/mol. The molecule has 0 atom stereocenters. The smallest absolute Gasteiger partial charge is 0.330 e. The number of ether oxygens (including phenoxy) is 4. The van der Waals surface area contributed by atoms with E-state index in [4.69, 9.17) is 23.4 Å². The minimum absolute atomic E-state index is 0.225. The van der Waals surface area contributed by atoms with E-state index < -0.39 is 0 Å². The molecule has 2 aromatic carbocycles. The van der Waals surface area contributed by atoms with E-state index in [-0.39, 0.29) is 12.8 Å². The maximum absolute atomic E-state index is 11.5. The molecule has 0 spiro atoms. The van der Waals surface area contributed by atoms with Crippen molar-refractivity contribution in [3.05, 3.63) is 48.0 Å². The molecule has 1 aliphatic rings. The number of fused-ring (bicyclic) bond motifs is 2. The normalized spacial score (nSPS) is 12.7. The molecule has 0 saturated heterocycles. The quantitative estimate of drug-likeness (QED) is 0.492. The maximum atomic E-state index is 11.5. The van der Waals surface area contributed by atoms with Crippen LogP contribution in [-0.2, 0) is 9.53 Å². The van der Waals surface area contributed by atoms with Gasteiger partial charge in [0.1, 0.15) is 5.76 Å². The fraction of sp³-hybridized carbons (Fsp3) is 0.190. The molecule has 0 saturated carbocycles. The van der Waals surface area contributed by atoms with Crippen molar-refractivity contribution in [1.29, 1.82) is 0 Å². The molecular formula is C21H18O6. The van der Waals surface area contributed by atoms with E-state index in [1.54, 1.807) is 20.1 Å². The van der Waals surface area contributed by atoms with Crippen LogP contribution in [0.3, 0.4) is 0 Å². The van der Waals surface area contributed by atoms with E-state index >= 15 is 0 Å². The summed E-state index contributed by atoms with van der Waals surface area (Å²) in [5.74, 6) is 2.30. The lowest BCUT2D eigenvalue weighted by Crippen LogP contribution is -1.98. The summed E-state index contributed by atoms with van der Waals surface area (Å²) >= 11 is 0. The van der Waals surface area contributed by atoms with Gasteiger partial charge in [0.2, 0.25) is 6.79 Å². The number of hydrogen-bond acceptors (Lipinski definition) is 6. The number of carbonyl (C=O) groups excluding carboxylic acids is 1. The Morgan fingerprint density at radius 3 is 2.81 bits per heavy atom. The number of esters is 1. The molecule has 0 amide bonds. The molecule has 1 aliphatic heterocycles. The number of benzene rings is 2. The van der Waals surface area contributed by atoms with Gasteiger partial charge in [0, 0.05) is 17.0 Å². The van der Waals surface area contributed by atoms with Gasteiger partial charge in [-0.2, -0.15) is 0 Å². The molecule has 138 valence electrons. The monoisotopic (exact) mass is 366 g/mol. The van der Waals surface area contributed by atoms with Crippen LogP contribution < -0.4 is 14.2 Å². The fourth-order valence-electron chi connectivity index (χ4n) is 2.94. The Kier molecular flexibility index (Phi) is 4.46. The van der Waals surface area contributed by atoms with Gasteiger partial charge in [-0.05, 0) is 55.0 Å². The van der Waals surface area contributed by atoms with Crippen LogP contribution in [0, 0.1) is 0 Å². The van der Waals surface area contributed by atoms with Crippen molar-refractivity contribution < 1.29 is 28.2 Å². The largest absolute Gasteiger partial charge is 0.493 e. The lowest BCUT2D eigenvalue weighted by Gasteiger charge is -2.03. The standard InChI is InChI=1S/C21H18O6/c1-3-24-20(22)7-4-13-8-15-11-17(27-21(15)19(9-13)23-2)14-5-6-16-18(10-14)26-12-25-16/h4-11H,3,12H2,1-2H3. The van der Waals surface area contributed by atoms with Gasteiger partial charge in [0.05, 0.1) is 13.7 Å². The van der Waals surface area contributed by atoms with Gasteiger partial charge in [0.15, 0.2) is 22.8 Å². The van der Waals surface area contributed by atoms with Gasteiger partial charge in [0.25, 0.3) is 0 Å². The molecule has 3 aromatic rings. The SMILES string of the molecule is CCOC(=O)C=Cc1cc(OC)c2oc(-c3ccc4c(c3)OCO4)cc2c1. The molecule has 1 aromatic heterocycles. The lowest BCUT2D eigenvalue weighted by molar-refractivity contribution is -0.137. The minimum atomic E-state index is -0.384. The average molecular weight is 366 g/mol. The van der Waals surface area contributed by atoms with E-state index in [2.05, 4.69) is 0 Å². The van der Waals surface area contributed by atoms with Crippen molar-refractivity contribution in [3.8, 4) is 28.6 Å². The molecule has 6 nitrogen and oxygen atoms in total. The zero-order valence-corrected chi connectivity index (χ0v) is 15.0. The third kappa shape index (κ3) is 3.33. The van der Waals surface area contributed by atoms with Crippen molar-refractivity contribution >= 4 is 23.0 Å². The minimum Gasteiger partial charge on any atom is -0.493 e. The second-order valence-electron chi connectivity index (χ2n) is 5.91. The van der Waals surface area contributed by atoms with E-state index in [0.29, 0.717) is 29.4 Å². The molecule has 0 aliphatic carbocycles. The first-order valence-electron chi connectivity index (χ1n) is 8.54. The van der Waals surface area contributed by atoms with Crippen LogP contribution in [0.15, 0.2) is 46.9 Å². The molecular weight excluding hydrogens is 348 g/mol. The molecule has 27 heavy (non-hydrogen) atoms. The Bertz CT molecular complexity index is 1030. The lowest BCUT2D eigenvalue weighted by atomic mass is 10.1. The number of rotatable bonds is 5. The van der Waals surface area contributed by atoms with Gasteiger partial charge in [-0.15, -0.1) is 0 Å². The Hall–Kier alpha value is -3.41. The summed E-state index contributed by atoms with van der Waals surface area (Å²) in [6.07, 6.45) is 3.08. The second-order valence-corrected chi connectivity index (χ2v) is 5.91. The fourth-order valence-corrected chi connectivity index (χ4v) is 2.94. The molecule has 2 heterocycles. The van der Waals surface area contributed by atoms with Crippen LogP contribution in [0.1, 0.15) is 12.5 Å². The Morgan fingerprint density at radius 1 is 1.15 bits per heavy atom. The van der Waals surface area contributed by atoms with Gasteiger partial charge < -0.3 is 23.4 Å². The number of furan rings is 1. The molecule has 0 bridgehead atoms. The molecule has 0 unspecified atom stereocenters. The van der Waals surface area contributed by atoms with Crippen molar-refractivity contribution in [3.63, 3.8) is 0 Å². The summed E-state index contributed by atoms with van der Waals surface area (Å²) in [7, 11) is 1.58. The number of carbonyl (C=O) groups is 1. The van der Waals surface area contributed by atoms with Crippen LogP contribution in [0.2, 0.25) is 0 Å². The first-order chi connectivity index (χ1) is 13.2.